The Morgan fingerprint density at radius 3 is 2.69 bits per heavy atom. The smallest absolute Gasteiger partial charge is 0.235 e. The van der Waals surface area contributed by atoms with Gasteiger partial charge in [-0.2, -0.15) is 0 Å². The Labute approximate surface area is 80.2 Å². The van der Waals surface area contributed by atoms with Crippen molar-refractivity contribution in [3.05, 3.63) is 5.01 Å². The number of aryl methyl sites for hydroxylation is 1. The van der Waals surface area contributed by atoms with Gasteiger partial charge < -0.3 is 5.73 Å². The molecule has 6 nitrogen and oxygen atoms in total. The maximum absolute atomic E-state index is 11.2. The molecule has 0 fully saturated rings. The summed E-state index contributed by atoms with van der Waals surface area (Å²) >= 11 is 1.19. The largest absolute Gasteiger partial charge is 0.329 e. The Morgan fingerprint density at radius 1 is 1.54 bits per heavy atom. The molecule has 0 saturated carbocycles. The molecule has 0 aliphatic carbocycles. The fourth-order valence-corrected chi connectivity index (χ4v) is 2.39. The quantitative estimate of drug-likeness (QED) is 0.718. The second kappa shape index (κ2) is 3.99. The van der Waals surface area contributed by atoms with E-state index in [1.807, 2.05) is 0 Å². The van der Waals surface area contributed by atoms with Crippen LogP contribution in [0.5, 0.6) is 0 Å². The number of anilines is 1. The second-order valence-electron chi connectivity index (χ2n) is 2.34. The number of sulfonamides is 1. The van der Waals surface area contributed by atoms with Gasteiger partial charge in [0.2, 0.25) is 15.2 Å². The highest BCUT2D eigenvalue weighted by molar-refractivity contribution is 7.92. The zero-order chi connectivity index (χ0) is 9.90. The van der Waals surface area contributed by atoms with Crippen molar-refractivity contribution in [3.63, 3.8) is 0 Å². The van der Waals surface area contributed by atoms with Gasteiger partial charge in [-0.15, -0.1) is 10.2 Å². The topological polar surface area (TPSA) is 98.0 Å². The van der Waals surface area contributed by atoms with Crippen molar-refractivity contribution in [2.24, 2.45) is 5.73 Å². The average molecular weight is 222 g/mol. The summed E-state index contributed by atoms with van der Waals surface area (Å²) in [5.74, 6) is -0.106. The van der Waals surface area contributed by atoms with Crippen LogP contribution in [0.15, 0.2) is 0 Å². The van der Waals surface area contributed by atoms with Crippen molar-refractivity contribution in [2.75, 3.05) is 17.0 Å². The van der Waals surface area contributed by atoms with E-state index in [-0.39, 0.29) is 17.4 Å². The van der Waals surface area contributed by atoms with Gasteiger partial charge in [-0.1, -0.05) is 11.3 Å². The standard InChI is InChI=1S/C5H10N4O2S2/c1-4-7-8-5(12-4)9-13(10,11)3-2-6/h2-3,6H2,1H3,(H,8,9). The molecule has 3 N–H and O–H groups in total. The molecular weight excluding hydrogens is 212 g/mol. The third kappa shape index (κ3) is 3.25. The first kappa shape index (κ1) is 10.4. The summed E-state index contributed by atoms with van der Waals surface area (Å²) in [6, 6.07) is 0. The minimum Gasteiger partial charge on any atom is -0.329 e. The number of nitrogens with two attached hydrogens (primary N) is 1. The van der Waals surface area contributed by atoms with Gasteiger partial charge in [-0.25, -0.2) is 8.42 Å². The summed E-state index contributed by atoms with van der Waals surface area (Å²) in [4.78, 5) is 0. The molecule has 0 radical (unpaired) electrons. The molecule has 13 heavy (non-hydrogen) atoms. The van der Waals surface area contributed by atoms with E-state index in [4.69, 9.17) is 5.73 Å². The van der Waals surface area contributed by atoms with Crippen LogP contribution in [-0.4, -0.2) is 30.9 Å². The van der Waals surface area contributed by atoms with Gasteiger partial charge in [0.1, 0.15) is 5.01 Å². The molecule has 0 unspecified atom stereocenters. The van der Waals surface area contributed by atoms with Crippen molar-refractivity contribution in [1.29, 1.82) is 0 Å². The minimum absolute atomic E-state index is 0.0904. The lowest BCUT2D eigenvalue weighted by molar-refractivity contribution is 0.601. The lowest BCUT2D eigenvalue weighted by Gasteiger charge is -2.00. The molecule has 0 aromatic carbocycles. The molecule has 0 bridgehead atoms. The van der Waals surface area contributed by atoms with E-state index in [0.717, 1.165) is 0 Å². The number of aromatic nitrogens is 2. The van der Waals surface area contributed by atoms with Gasteiger partial charge in [0.15, 0.2) is 0 Å². The van der Waals surface area contributed by atoms with E-state index >= 15 is 0 Å². The summed E-state index contributed by atoms with van der Waals surface area (Å²) < 4.78 is 24.6. The summed E-state index contributed by atoms with van der Waals surface area (Å²) in [6.07, 6.45) is 0. The second-order valence-corrected chi connectivity index (χ2v) is 5.36. The Bertz CT molecular complexity index is 372. The Morgan fingerprint density at radius 2 is 2.23 bits per heavy atom. The molecule has 0 spiro atoms. The van der Waals surface area contributed by atoms with E-state index in [2.05, 4.69) is 14.9 Å². The molecule has 1 aromatic rings. The summed E-state index contributed by atoms with van der Waals surface area (Å²) in [7, 11) is -3.34. The van der Waals surface area contributed by atoms with Crippen LogP contribution in [0.3, 0.4) is 0 Å². The van der Waals surface area contributed by atoms with Crippen LogP contribution in [0.4, 0.5) is 5.13 Å². The van der Waals surface area contributed by atoms with Crippen molar-refractivity contribution in [3.8, 4) is 0 Å². The molecule has 0 aliphatic rings. The lowest BCUT2D eigenvalue weighted by Crippen LogP contribution is -2.22. The van der Waals surface area contributed by atoms with Crippen LogP contribution in [0, 0.1) is 6.92 Å². The fourth-order valence-electron chi connectivity index (χ4n) is 0.677. The van der Waals surface area contributed by atoms with Crippen molar-refractivity contribution in [1.82, 2.24) is 10.2 Å². The van der Waals surface area contributed by atoms with Gasteiger partial charge in [0.25, 0.3) is 0 Å². The highest BCUT2D eigenvalue weighted by Crippen LogP contribution is 2.14. The van der Waals surface area contributed by atoms with Crippen LogP contribution in [0.25, 0.3) is 0 Å². The molecule has 1 rings (SSSR count). The van der Waals surface area contributed by atoms with Gasteiger partial charge in [-0.3, -0.25) is 4.72 Å². The summed E-state index contributed by atoms with van der Waals surface area (Å²) in [5.41, 5.74) is 5.12. The molecule has 0 amide bonds. The van der Waals surface area contributed by atoms with Gasteiger partial charge in [-0.05, 0) is 6.92 Å². The van der Waals surface area contributed by atoms with Crippen LogP contribution in [-0.2, 0) is 10.0 Å². The van der Waals surface area contributed by atoms with Gasteiger partial charge in [0.05, 0.1) is 5.75 Å². The zero-order valence-electron chi connectivity index (χ0n) is 7.02. The van der Waals surface area contributed by atoms with E-state index < -0.39 is 10.0 Å². The molecule has 0 aliphatic heterocycles. The predicted molar refractivity (Wildman–Crippen MR) is 51.1 cm³/mol. The van der Waals surface area contributed by atoms with Crippen LogP contribution >= 0.6 is 11.3 Å². The van der Waals surface area contributed by atoms with Crippen LogP contribution in [0.1, 0.15) is 5.01 Å². The van der Waals surface area contributed by atoms with Crippen LogP contribution < -0.4 is 10.5 Å². The molecule has 0 atom stereocenters. The molecular formula is C5H10N4O2S2. The third-order valence-corrected chi connectivity index (χ3v) is 3.32. The number of nitrogens with one attached hydrogen (secondary N) is 1. The van der Waals surface area contributed by atoms with E-state index in [9.17, 15) is 8.42 Å². The van der Waals surface area contributed by atoms with Crippen molar-refractivity contribution < 1.29 is 8.42 Å². The van der Waals surface area contributed by atoms with Crippen molar-refractivity contribution in [2.45, 2.75) is 6.92 Å². The average Bonchev–Trinajstić information content (AvgIpc) is 2.34. The third-order valence-electron chi connectivity index (χ3n) is 1.16. The zero-order valence-corrected chi connectivity index (χ0v) is 8.65. The minimum atomic E-state index is -3.34. The van der Waals surface area contributed by atoms with E-state index in [1.54, 1.807) is 6.92 Å². The molecule has 1 aromatic heterocycles. The number of rotatable bonds is 4. The predicted octanol–water partition coefficient (Wildman–Crippen LogP) is -0.453. The van der Waals surface area contributed by atoms with E-state index in [1.165, 1.54) is 11.3 Å². The first-order valence-corrected chi connectivity index (χ1v) is 6.01. The highest BCUT2D eigenvalue weighted by atomic mass is 32.2. The Kier molecular flexibility index (Phi) is 3.17. The first-order valence-electron chi connectivity index (χ1n) is 3.54. The first-order chi connectivity index (χ1) is 6.03. The molecule has 8 heteroatoms. The van der Waals surface area contributed by atoms with Gasteiger partial charge in [0, 0.05) is 6.54 Å². The molecule has 0 saturated heterocycles. The lowest BCUT2D eigenvalue weighted by atomic mass is 10.8. The number of nitrogens with zero attached hydrogens (tertiary/aromatic N) is 2. The van der Waals surface area contributed by atoms with Gasteiger partial charge >= 0.3 is 0 Å². The molecule has 1 heterocycles. The van der Waals surface area contributed by atoms with E-state index in [0.29, 0.717) is 5.01 Å². The van der Waals surface area contributed by atoms with Crippen LogP contribution in [0.2, 0.25) is 0 Å². The molecule has 74 valence electrons. The van der Waals surface area contributed by atoms with Crippen molar-refractivity contribution >= 4 is 26.5 Å². The highest BCUT2D eigenvalue weighted by Gasteiger charge is 2.11. The number of hydrogen-bond donors (Lipinski definition) is 2. The Balaban J connectivity index is 2.69. The number of hydrogen-bond acceptors (Lipinski definition) is 6. The maximum atomic E-state index is 11.2. The maximum Gasteiger partial charge on any atom is 0.235 e. The SMILES string of the molecule is Cc1nnc(NS(=O)(=O)CCN)s1. The Hall–Kier alpha value is -0.730. The fraction of sp³-hybridized carbons (Fsp3) is 0.600. The normalized spacial score (nSPS) is 11.5. The monoisotopic (exact) mass is 222 g/mol. The summed E-state index contributed by atoms with van der Waals surface area (Å²) in [6.45, 7) is 1.84. The summed E-state index contributed by atoms with van der Waals surface area (Å²) in [5, 5.41) is 8.29.